The average molecular weight is 665 g/mol. The van der Waals surface area contributed by atoms with Gasteiger partial charge in [-0.25, -0.2) is 0 Å². The summed E-state index contributed by atoms with van der Waals surface area (Å²) in [6.07, 6.45) is 0. The van der Waals surface area contributed by atoms with E-state index in [0.717, 1.165) is 22.3 Å². The maximum absolute atomic E-state index is 13.9. The first-order valence-electron chi connectivity index (χ1n) is 16.4. The second kappa shape index (κ2) is 15.1. The highest BCUT2D eigenvalue weighted by Crippen LogP contribution is 2.40. The summed E-state index contributed by atoms with van der Waals surface area (Å²) in [6.45, 7) is 8.04. The minimum absolute atomic E-state index is 0.382. The highest BCUT2D eigenvalue weighted by Gasteiger charge is 2.26. The fourth-order valence-corrected chi connectivity index (χ4v) is 5.22. The van der Waals surface area contributed by atoms with Crippen molar-refractivity contribution >= 4 is 5.78 Å². The zero-order valence-electron chi connectivity index (χ0n) is 28.6. The van der Waals surface area contributed by atoms with E-state index in [1.54, 1.807) is 36.4 Å². The summed E-state index contributed by atoms with van der Waals surface area (Å²) in [5.41, 5.74) is 18.7. The van der Waals surface area contributed by atoms with Crippen LogP contribution in [0.15, 0.2) is 133 Å². The number of hydrogen-bond donors (Lipinski definition) is 2. The third kappa shape index (κ3) is 8.39. The van der Waals surface area contributed by atoms with Crippen LogP contribution in [-0.4, -0.2) is 5.78 Å². The standard InChI is InChI=1S/C43H40N2O5/c1-27-5-15-33(16-6-27)47-37-23-13-31(25-39(37)49-35-19-9-29(3)10-20-35)41(44)43(46)42(45)32-14-24-38(48-34-17-7-28(2)8-18-34)40(26-32)50-36-21-11-30(4)12-22-36/h5-26,41-42H,44-45H2,1-4H3. The monoisotopic (exact) mass is 664 g/mol. The fourth-order valence-electron chi connectivity index (χ4n) is 5.22. The van der Waals surface area contributed by atoms with Crippen LogP contribution < -0.4 is 30.4 Å². The molecule has 252 valence electrons. The van der Waals surface area contributed by atoms with Gasteiger partial charge in [0.05, 0.1) is 12.1 Å². The molecule has 6 rings (SSSR count). The molecule has 50 heavy (non-hydrogen) atoms. The summed E-state index contributed by atoms with van der Waals surface area (Å²) in [7, 11) is 0. The van der Waals surface area contributed by atoms with E-state index in [1.807, 2.05) is 125 Å². The maximum Gasteiger partial charge on any atom is 0.175 e. The van der Waals surface area contributed by atoms with Gasteiger partial charge < -0.3 is 30.4 Å². The molecule has 6 aromatic carbocycles. The van der Waals surface area contributed by atoms with Crippen LogP contribution in [0, 0.1) is 27.7 Å². The Morgan fingerprint density at radius 3 is 0.940 bits per heavy atom. The molecule has 0 amide bonds. The molecule has 7 nitrogen and oxygen atoms in total. The smallest absolute Gasteiger partial charge is 0.175 e. The molecule has 0 spiro atoms. The molecule has 0 aliphatic heterocycles. The Labute approximate surface area is 293 Å². The third-order valence-electron chi connectivity index (χ3n) is 8.26. The van der Waals surface area contributed by atoms with Crippen molar-refractivity contribution in [3.8, 4) is 46.0 Å². The molecule has 0 aliphatic carbocycles. The number of carbonyl (C=O) groups excluding carboxylic acids is 1. The normalized spacial score (nSPS) is 12.1. The Morgan fingerprint density at radius 2 is 0.660 bits per heavy atom. The number of benzene rings is 6. The number of carbonyl (C=O) groups is 1. The van der Waals surface area contributed by atoms with E-state index in [0.29, 0.717) is 57.1 Å². The van der Waals surface area contributed by atoms with Crippen LogP contribution >= 0.6 is 0 Å². The van der Waals surface area contributed by atoms with Crippen molar-refractivity contribution in [2.75, 3.05) is 0 Å². The van der Waals surface area contributed by atoms with Gasteiger partial charge in [0.25, 0.3) is 0 Å². The third-order valence-corrected chi connectivity index (χ3v) is 8.26. The molecular weight excluding hydrogens is 624 g/mol. The molecule has 0 heterocycles. The molecule has 0 saturated heterocycles. The number of hydrogen-bond acceptors (Lipinski definition) is 7. The largest absolute Gasteiger partial charge is 0.453 e. The summed E-state index contributed by atoms with van der Waals surface area (Å²) in [5, 5.41) is 0. The second-order valence-electron chi connectivity index (χ2n) is 12.4. The van der Waals surface area contributed by atoms with E-state index < -0.39 is 12.1 Å². The summed E-state index contributed by atoms with van der Waals surface area (Å²) < 4.78 is 24.9. The highest BCUT2D eigenvalue weighted by molar-refractivity contribution is 5.91. The number of nitrogens with two attached hydrogens (primary N) is 2. The molecule has 2 atom stereocenters. The van der Waals surface area contributed by atoms with Gasteiger partial charge in [-0.05, 0) is 112 Å². The maximum atomic E-state index is 13.9. The predicted octanol–water partition coefficient (Wildman–Crippen LogP) is 10.4. The van der Waals surface area contributed by atoms with Gasteiger partial charge in [-0.1, -0.05) is 82.9 Å². The van der Waals surface area contributed by atoms with Gasteiger partial charge in [0.15, 0.2) is 28.8 Å². The van der Waals surface area contributed by atoms with Gasteiger partial charge in [0.2, 0.25) is 0 Å². The van der Waals surface area contributed by atoms with Crippen LogP contribution in [0.2, 0.25) is 0 Å². The van der Waals surface area contributed by atoms with Gasteiger partial charge in [-0.3, -0.25) is 4.79 Å². The van der Waals surface area contributed by atoms with Gasteiger partial charge in [-0.2, -0.15) is 0 Å². The van der Waals surface area contributed by atoms with Gasteiger partial charge in [-0.15, -0.1) is 0 Å². The van der Waals surface area contributed by atoms with Crippen molar-refractivity contribution in [2.45, 2.75) is 39.8 Å². The highest BCUT2D eigenvalue weighted by atomic mass is 16.5. The summed E-state index contributed by atoms with van der Waals surface area (Å²) >= 11 is 0. The van der Waals surface area contributed by atoms with Crippen molar-refractivity contribution in [3.05, 3.63) is 167 Å². The molecule has 0 aliphatic rings. The fraction of sp³-hybridized carbons (Fsp3) is 0.140. The topological polar surface area (TPSA) is 106 Å². The molecule has 0 aromatic heterocycles. The van der Waals surface area contributed by atoms with Gasteiger partial charge >= 0.3 is 0 Å². The van der Waals surface area contributed by atoms with Crippen LogP contribution in [0.4, 0.5) is 0 Å². The average Bonchev–Trinajstić information content (AvgIpc) is 3.12. The van der Waals surface area contributed by atoms with Gasteiger partial charge in [0.1, 0.15) is 23.0 Å². The number of aryl methyl sites for hydroxylation is 4. The minimum atomic E-state index is -1.05. The van der Waals surface area contributed by atoms with E-state index in [-0.39, 0.29) is 5.78 Å². The minimum Gasteiger partial charge on any atom is -0.453 e. The van der Waals surface area contributed by atoms with Crippen LogP contribution in [0.25, 0.3) is 0 Å². The molecule has 7 heteroatoms. The van der Waals surface area contributed by atoms with Crippen LogP contribution in [0.3, 0.4) is 0 Å². The molecule has 0 bridgehead atoms. The number of Topliss-reactive ketones (excluding diaryl/α,β-unsaturated/α-hetero) is 1. The molecule has 2 unspecified atom stereocenters. The second-order valence-corrected chi connectivity index (χ2v) is 12.4. The number of ether oxygens (including phenoxy) is 4. The lowest BCUT2D eigenvalue weighted by Gasteiger charge is -2.20. The number of ketones is 1. The molecule has 0 fully saturated rings. The molecule has 6 aromatic rings. The Kier molecular flexibility index (Phi) is 10.3. The van der Waals surface area contributed by atoms with E-state index >= 15 is 0 Å². The molecule has 4 N–H and O–H groups in total. The Bertz CT molecular complexity index is 1920. The van der Waals surface area contributed by atoms with Crippen molar-refractivity contribution in [3.63, 3.8) is 0 Å². The molecule has 0 saturated carbocycles. The van der Waals surface area contributed by atoms with Crippen molar-refractivity contribution in [1.29, 1.82) is 0 Å². The van der Waals surface area contributed by atoms with E-state index in [2.05, 4.69) is 0 Å². The van der Waals surface area contributed by atoms with Crippen LogP contribution in [-0.2, 0) is 4.79 Å². The lowest BCUT2D eigenvalue weighted by molar-refractivity contribution is -0.121. The van der Waals surface area contributed by atoms with Crippen molar-refractivity contribution in [2.24, 2.45) is 11.5 Å². The number of rotatable bonds is 12. The van der Waals surface area contributed by atoms with Crippen molar-refractivity contribution in [1.82, 2.24) is 0 Å². The van der Waals surface area contributed by atoms with E-state index in [9.17, 15) is 4.79 Å². The quantitative estimate of drug-likeness (QED) is 0.134. The van der Waals surface area contributed by atoms with Crippen LogP contribution in [0.5, 0.6) is 46.0 Å². The summed E-state index contributed by atoms with van der Waals surface area (Å²) in [6, 6.07) is 39.1. The Hall–Kier alpha value is -5.89. The molecular formula is C43H40N2O5. The Morgan fingerprint density at radius 1 is 0.400 bits per heavy atom. The summed E-state index contributed by atoms with van der Waals surface area (Å²) in [4.78, 5) is 13.9. The van der Waals surface area contributed by atoms with Crippen LogP contribution in [0.1, 0.15) is 45.5 Å². The zero-order valence-corrected chi connectivity index (χ0v) is 28.6. The first kappa shape index (κ1) is 34.0. The summed E-state index contributed by atoms with van der Waals surface area (Å²) in [5.74, 6) is 3.93. The lowest BCUT2D eigenvalue weighted by Crippen LogP contribution is -2.31. The first-order valence-corrected chi connectivity index (χ1v) is 16.4. The van der Waals surface area contributed by atoms with Crippen molar-refractivity contribution < 1.29 is 23.7 Å². The van der Waals surface area contributed by atoms with E-state index in [4.69, 9.17) is 30.4 Å². The lowest BCUT2D eigenvalue weighted by atomic mass is 9.94. The zero-order chi connectivity index (χ0) is 35.2. The SMILES string of the molecule is Cc1ccc(Oc2ccc(C(N)C(=O)C(N)c3ccc(Oc4ccc(C)cc4)c(Oc4ccc(C)cc4)c3)cc2Oc2ccc(C)cc2)cc1. The van der Waals surface area contributed by atoms with E-state index in [1.165, 1.54) is 0 Å². The Balaban J connectivity index is 1.28. The predicted molar refractivity (Wildman–Crippen MR) is 197 cm³/mol. The van der Waals surface area contributed by atoms with Gasteiger partial charge in [0, 0.05) is 0 Å². The first-order chi connectivity index (χ1) is 24.1. The molecule has 0 radical (unpaired) electrons.